The van der Waals surface area contributed by atoms with Crippen molar-refractivity contribution in [2.24, 2.45) is 0 Å². The van der Waals surface area contributed by atoms with Gasteiger partial charge in [0.05, 0.1) is 44.6 Å². The molecule has 0 bridgehead atoms. The second kappa shape index (κ2) is 8.60. The topological polar surface area (TPSA) is 57.4 Å². The van der Waals surface area contributed by atoms with Gasteiger partial charge in [-0.3, -0.25) is 0 Å². The van der Waals surface area contributed by atoms with Gasteiger partial charge in [-0.2, -0.15) is 10.5 Å². The first-order valence-corrected chi connectivity index (χ1v) is 12.4. The Kier molecular flexibility index (Phi) is 3.05. The number of aromatic nitrogens is 2. The number of hydrogen-bond acceptors (Lipinski definition) is 2. The minimum absolute atomic E-state index is 0.0354. The number of fused-ring (bicyclic) bond motifs is 6. The van der Waals surface area contributed by atoms with Gasteiger partial charge < -0.3 is 9.13 Å². The molecule has 40 heavy (non-hydrogen) atoms. The van der Waals surface area contributed by atoms with Crippen LogP contribution in [-0.4, -0.2) is 9.13 Å². The first-order chi connectivity index (χ1) is 24.2. The van der Waals surface area contributed by atoms with E-state index in [0.717, 1.165) is 0 Å². The fraction of sp³-hybridized carbons (Fsp3) is 0.111. The zero-order chi connectivity index (χ0) is 37.7. The monoisotopic (exact) mass is 526 g/mol. The molecule has 4 nitrogen and oxygen atoms in total. The van der Waals surface area contributed by atoms with Crippen molar-refractivity contribution in [3.63, 3.8) is 0 Å². The van der Waals surface area contributed by atoms with E-state index in [-0.39, 0.29) is 44.8 Å². The van der Waals surface area contributed by atoms with Gasteiger partial charge in [-0.1, -0.05) is 46.5 Å². The van der Waals surface area contributed by atoms with Crippen LogP contribution in [0.2, 0.25) is 0 Å². The van der Waals surface area contributed by atoms with Crippen molar-refractivity contribution in [2.45, 2.75) is 27.4 Å². The maximum atomic E-state index is 10.7. The summed E-state index contributed by atoms with van der Waals surface area (Å²) in [5, 5.41) is 23.1. The summed E-state index contributed by atoms with van der Waals surface area (Å²) in [6.45, 7) is -9.80. The summed E-state index contributed by atoms with van der Waals surface area (Å²) >= 11 is 0. The summed E-state index contributed by atoms with van der Waals surface area (Å²) in [4.78, 5) is 0. The molecule has 0 aliphatic rings. The van der Waals surface area contributed by atoms with E-state index in [9.17, 15) is 10.5 Å². The molecule has 0 spiro atoms. The summed E-state index contributed by atoms with van der Waals surface area (Å²) in [6.07, 6.45) is 0. The van der Waals surface area contributed by atoms with Crippen LogP contribution in [0.1, 0.15) is 49.8 Å². The molecule has 7 aromatic rings. The molecule has 0 N–H and O–H groups in total. The minimum Gasteiger partial charge on any atom is -0.308 e. The summed E-state index contributed by atoms with van der Waals surface area (Å²) in [5.41, 5.74) is 2.57. The van der Waals surface area contributed by atoms with Crippen molar-refractivity contribution in [1.29, 1.82) is 10.5 Å². The van der Waals surface area contributed by atoms with E-state index in [1.165, 1.54) is 48.5 Å². The predicted molar refractivity (Wildman–Crippen MR) is 163 cm³/mol. The van der Waals surface area contributed by atoms with Crippen molar-refractivity contribution in [3.05, 3.63) is 118 Å². The quantitative estimate of drug-likeness (QED) is 0.226. The Labute approximate surface area is 249 Å². The molecular formula is C36H26N4. The Morgan fingerprint density at radius 3 is 1.02 bits per heavy atom. The number of aryl methyl sites for hydroxylation is 4. The fourth-order valence-electron chi connectivity index (χ4n) is 5.75. The van der Waals surface area contributed by atoms with Crippen molar-refractivity contribution >= 4 is 43.6 Å². The standard InChI is InChI=1S/C36H26N4/c1-21-5-9-31-25(15-21)26-16-22(2)6-10-32(26)39(31)35-13-14-36(30(20-38)29(35)19-37)40-33-11-7-23(3)17-27(33)28-18-24(4)8-12-34(28)40/h5-18H,1-4H3/i1D3,2D3,3D3,4D3. The van der Waals surface area contributed by atoms with E-state index in [0.29, 0.717) is 43.6 Å². The molecule has 0 amide bonds. The van der Waals surface area contributed by atoms with Gasteiger partial charge in [0.1, 0.15) is 12.1 Å². The van der Waals surface area contributed by atoms with Crippen LogP contribution >= 0.6 is 0 Å². The highest BCUT2D eigenvalue weighted by Crippen LogP contribution is 2.38. The third kappa shape index (κ3) is 3.30. The summed E-state index contributed by atoms with van der Waals surface area (Å²) in [6, 6.07) is 25.7. The number of nitrogens with zero attached hydrogens (tertiary/aromatic N) is 4. The Morgan fingerprint density at radius 1 is 0.475 bits per heavy atom. The zero-order valence-corrected chi connectivity index (χ0v) is 20.9. The van der Waals surface area contributed by atoms with Gasteiger partial charge in [-0.15, -0.1) is 0 Å². The van der Waals surface area contributed by atoms with Crippen molar-refractivity contribution in [2.75, 3.05) is 0 Å². The van der Waals surface area contributed by atoms with Gasteiger partial charge in [0.15, 0.2) is 0 Å². The highest BCUT2D eigenvalue weighted by molar-refractivity contribution is 6.11. The molecule has 7 rings (SSSR count). The number of rotatable bonds is 2. The minimum atomic E-state index is -2.45. The van der Waals surface area contributed by atoms with Gasteiger partial charge in [-0.25, -0.2) is 0 Å². The lowest BCUT2D eigenvalue weighted by atomic mass is 10.0. The summed E-state index contributed by atoms with van der Waals surface area (Å²) in [7, 11) is 0. The van der Waals surface area contributed by atoms with E-state index in [4.69, 9.17) is 16.4 Å². The molecule has 5 aromatic carbocycles. The third-order valence-electron chi connectivity index (χ3n) is 7.40. The highest BCUT2D eigenvalue weighted by atomic mass is 15.0. The molecule has 0 aliphatic heterocycles. The Balaban J connectivity index is 1.56. The van der Waals surface area contributed by atoms with Gasteiger partial charge in [0.25, 0.3) is 0 Å². The van der Waals surface area contributed by atoms with E-state index in [1.807, 2.05) is 0 Å². The van der Waals surface area contributed by atoms with Gasteiger partial charge in [-0.05, 0) is 88.1 Å². The number of benzene rings is 5. The molecule has 0 saturated carbocycles. The highest BCUT2D eigenvalue weighted by Gasteiger charge is 2.22. The average molecular weight is 527 g/mol. The Bertz CT molecular complexity index is 2380. The van der Waals surface area contributed by atoms with Gasteiger partial charge >= 0.3 is 0 Å². The molecule has 0 fully saturated rings. The Morgan fingerprint density at radius 2 is 0.775 bits per heavy atom. The number of hydrogen-bond donors (Lipinski definition) is 0. The van der Waals surface area contributed by atoms with E-state index >= 15 is 0 Å². The summed E-state index contributed by atoms with van der Waals surface area (Å²) < 4.78 is 99.1. The van der Waals surface area contributed by atoms with Crippen molar-refractivity contribution < 1.29 is 16.4 Å². The maximum absolute atomic E-state index is 10.7. The molecular weight excluding hydrogens is 488 g/mol. The molecule has 0 radical (unpaired) electrons. The predicted octanol–water partition coefficient (Wildman–Crippen LogP) is 8.86. The van der Waals surface area contributed by atoms with Gasteiger partial charge in [0, 0.05) is 38.0 Å². The van der Waals surface area contributed by atoms with E-state index < -0.39 is 27.4 Å². The van der Waals surface area contributed by atoms with Crippen LogP contribution in [0.4, 0.5) is 0 Å². The molecule has 0 aliphatic carbocycles. The van der Waals surface area contributed by atoms with Crippen LogP contribution < -0.4 is 0 Å². The van der Waals surface area contributed by atoms with E-state index in [1.54, 1.807) is 45.5 Å². The summed E-state index contributed by atoms with van der Waals surface area (Å²) in [5.74, 6) is 0. The number of nitriles is 2. The Hall–Kier alpha value is -5.32. The molecule has 0 atom stereocenters. The molecule has 2 aromatic heterocycles. The van der Waals surface area contributed by atoms with Crippen LogP contribution in [0, 0.1) is 50.1 Å². The fourth-order valence-corrected chi connectivity index (χ4v) is 5.75. The lowest BCUT2D eigenvalue weighted by Gasteiger charge is -2.16. The first-order valence-electron chi connectivity index (χ1n) is 18.4. The van der Waals surface area contributed by atoms with E-state index in [2.05, 4.69) is 12.1 Å². The van der Waals surface area contributed by atoms with Crippen LogP contribution in [0.3, 0.4) is 0 Å². The third-order valence-corrected chi connectivity index (χ3v) is 7.40. The largest absolute Gasteiger partial charge is 0.308 e. The molecule has 2 heterocycles. The lowest BCUT2D eigenvalue weighted by molar-refractivity contribution is 1.12. The van der Waals surface area contributed by atoms with Crippen LogP contribution in [0.25, 0.3) is 55.0 Å². The molecule has 4 heteroatoms. The molecule has 190 valence electrons. The van der Waals surface area contributed by atoms with Crippen LogP contribution in [0.15, 0.2) is 84.9 Å². The molecule has 0 unspecified atom stereocenters. The van der Waals surface area contributed by atoms with Crippen LogP contribution in [-0.2, 0) is 0 Å². The second-order valence-corrected chi connectivity index (χ2v) is 9.68. The normalized spacial score (nSPS) is 17.1. The van der Waals surface area contributed by atoms with Crippen molar-refractivity contribution in [1.82, 2.24) is 9.13 Å². The second-order valence-electron chi connectivity index (χ2n) is 9.68. The van der Waals surface area contributed by atoms with Crippen molar-refractivity contribution in [3.8, 4) is 23.5 Å². The first kappa shape index (κ1) is 14.2. The SMILES string of the molecule is [2H]C([2H])([2H])c1ccc2c(c1)c1cc(C([2H])([2H])[2H])ccc1n2-c1ccc(-n2c3ccc(C([2H])([2H])[2H])cc3c3cc(C([2H])([2H])[2H])ccc32)c(C#N)c1C#N. The zero-order valence-electron chi connectivity index (χ0n) is 32.9. The average Bonchev–Trinajstić information content (AvgIpc) is 3.57. The maximum Gasteiger partial charge on any atom is 0.103 e. The van der Waals surface area contributed by atoms with Crippen LogP contribution in [0.5, 0.6) is 0 Å². The smallest absolute Gasteiger partial charge is 0.103 e. The van der Waals surface area contributed by atoms with Gasteiger partial charge in [0.2, 0.25) is 0 Å². The lowest BCUT2D eigenvalue weighted by Crippen LogP contribution is -2.05. The molecule has 0 saturated heterocycles.